The van der Waals surface area contributed by atoms with Crippen LogP contribution in [-0.2, 0) is 16.0 Å². The van der Waals surface area contributed by atoms with Crippen LogP contribution in [0.2, 0.25) is 0 Å². The van der Waals surface area contributed by atoms with Gasteiger partial charge >= 0.3 is 12.0 Å². The number of hydrogen-bond acceptors (Lipinski definition) is 7. The molecule has 2 unspecified atom stereocenters. The Hall–Kier alpha value is -3.47. The monoisotopic (exact) mass is 523 g/mol. The van der Waals surface area contributed by atoms with Crippen molar-refractivity contribution in [3.05, 3.63) is 53.6 Å². The molecule has 2 saturated heterocycles. The number of methoxy groups -OCH3 is 1. The van der Waals surface area contributed by atoms with Crippen molar-refractivity contribution in [1.82, 2.24) is 15.1 Å². The Bertz CT molecular complexity index is 1140. The lowest BCUT2D eigenvalue weighted by Crippen LogP contribution is -2.59. The van der Waals surface area contributed by atoms with Crippen molar-refractivity contribution in [2.75, 3.05) is 57.0 Å². The van der Waals surface area contributed by atoms with Crippen LogP contribution in [0.1, 0.15) is 24.0 Å². The zero-order valence-corrected chi connectivity index (χ0v) is 22.0. The summed E-state index contributed by atoms with van der Waals surface area (Å²) in [7, 11) is 1.53. The highest BCUT2D eigenvalue weighted by atomic mass is 16.5. The van der Waals surface area contributed by atoms with Crippen LogP contribution in [0.25, 0.3) is 0 Å². The second kappa shape index (κ2) is 12.9. The number of benzene rings is 2. The van der Waals surface area contributed by atoms with E-state index in [1.807, 2.05) is 42.2 Å². The molecule has 0 saturated carbocycles. The van der Waals surface area contributed by atoms with Gasteiger partial charge in [0.2, 0.25) is 0 Å². The van der Waals surface area contributed by atoms with Crippen molar-refractivity contribution in [2.24, 2.45) is 0 Å². The van der Waals surface area contributed by atoms with Crippen LogP contribution < -0.4 is 20.7 Å². The summed E-state index contributed by atoms with van der Waals surface area (Å²) in [4.78, 5) is 41.4. The van der Waals surface area contributed by atoms with Gasteiger partial charge in [0.15, 0.2) is 5.78 Å². The summed E-state index contributed by atoms with van der Waals surface area (Å²) in [6.45, 7) is 5.41. The minimum absolute atomic E-state index is 0.0251. The molecule has 10 heteroatoms. The number of hydrogen-bond donors (Lipinski definition) is 4. The van der Waals surface area contributed by atoms with Crippen LogP contribution in [0.3, 0.4) is 0 Å². The van der Waals surface area contributed by atoms with Gasteiger partial charge < -0.3 is 25.8 Å². The van der Waals surface area contributed by atoms with Crippen molar-refractivity contribution in [3.8, 4) is 5.75 Å². The minimum atomic E-state index is -0.830. The molecule has 2 amide bonds. The maximum atomic E-state index is 13.6. The molecule has 2 aromatic rings. The van der Waals surface area contributed by atoms with E-state index in [4.69, 9.17) is 9.84 Å². The first-order valence-electron chi connectivity index (χ1n) is 13.1. The van der Waals surface area contributed by atoms with Gasteiger partial charge in [0.05, 0.1) is 25.4 Å². The number of aryl methyl sites for hydroxylation is 1. The smallest absolute Gasteiger partial charge is 0.323 e. The maximum Gasteiger partial charge on any atom is 0.323 e. The van der Waals surface area contributed by atoms with Crippen LogP contribution in [0.5, 0.6) is 5.75 Å². The van der Waals surface area contributed by atoms with Gasteiger partial charge in [-0.05, 0) is 55.6 Å². The number of ketones is 1. The topological polar surface area (TPSA) is 123 Å². The number of carbonyl (C=O) groups excluding carboxylic acids is 2. The first kappa shape index (κ1) is 27.6. The van der Waals surface area contributed by atoms with Crippen LogP contribution in [-0.4, -0.2) is 91.2 Å². The summed E-state index contributed by atoms with van der Waals surface area (Å²) < 4.78 is 5.53. The van der Waals surface area contributed by atoms with Gasteiger partial charge in [-0.1, -0.05) is 24.3 Å². The minimum Gasteiger partial charge on any atom is -0.495 e. The van der Waals surface area contributed by atoms with E-state index in [2.05, 4.69) is 20.9 Å². The molecule has 0 bridgehead atoms. The summed E-state index contributed by atoms with van der Waals surface area (Å²) in [6.07, 6.45) is 2.21. The lowest BCUT2D eigenvalue weighted by Gasteiger charge is -2.40. The maximum absolute atomic E-state index is 13.6. The molecule has 2 aliphatic rings. The Morgan fingerprint density at radius 2 is 1.82 bits per heavy atom. The van der Waals surface area contributed by atoms with Gasteiger partial charge in [0, 0.05) is 44.3 Å². The summed E-state index contributed by atoms with van der Waals surface area (Å²) in [5.41, 5.74) is 3.00. The number of para-hydroxylation sites is 1. The molecular formula is C28H37N5O5. The average Bonchev–Trinajstić information content (AvgIpc) is 3.41. The number of piperazine rings is 1. The van der Waals surface area contributed by atoms with Gasteiger partial charge in [-0.15, -0.1) is 0 Å². The number of anilines is 2. The van der Waals surface area contributed by atoms with Crippen LogP contribution >= 0.6 is 0 Å². The standard InChI is InChI=1S/C28H37N5O5/c1-19-6-3-4-7-21(19)30-28(37)31-22-10-9-20(17-25(22)38-2)16-24(34)27(23-8-5-11-29-23)33-14-12-32(13-15-33)18-26(35)36/h3-4,6-7,9-10,17,23,27,29H,5,8,11-16,18H2,1-2H3,(H,35,36)(H2,30,31,37). The summed E-state index contributed by atoms with van der Waals surface area (Å²) in [6, 6.07) is 12.4. The number of nitrogens with one attached hydrogen (secondary N) is 3. The number of nitrogens with zero attached hydrogens (tertiary/aromatic N) is 2. The number of carboxylic acid groups (broad SMARTS) is 1. The number of rotatable bonds is 10. The van der Waals surface area contributed by atoms with Gasteiger partial charge in [-0.3, -0.25) is 19.4 Å². The quantitative estimate of drug-likeness (QED) is 0.375. The first-order chi connectivity index (χ1) is 18.3. The van der Waals surface area contributed by atoms with Crippen molar-refractivity contribution >= 4 is 29.2 Å². The number of carbonyl (C=O) groups is 3. The summed E-state index contributed by atoms with van der Waals surface area (Å²) in [5, 5.41) is 18.3. The largest absolute Gasteiger partial charge is 0.495 e. The zero-order chi connectivity index (χ0) is 27.1. The van der Waals surface area contributed by atoms with Gasteiger partial charge in [-0.2, -0.15) is 0 Å². The molecule has 2 heterocycles. The van der Waals surface area contributed by atoms with E-state index in [1.165, 1.54) is 7.11 Å². The lowest BCUT2D eigenvalue weighted by atomic mass is 9.94. The highest BCUT2D eigenvalue weighted by Crippen LogP contribution is 2.27. The van der Waals surface area contributed by atoms with E-state index < -0.39 is 5.97 Å². The second-order valence-electron chi connectivity index (χ2n) is 9.93. The fourth-order valence-corrected chi connectivity index (χ4v) is 5.30. The molecule has 2 fully saturated rings. The van der Waals surface area contributed by atoms with Crippen LogP contribution in [0.4, 0.5) is 16.2 Å². The van der Waals surface area contributed by atoms with E-state index in [-0.39, 0.29) is 36.9 Å². The summed E-state index contributed by atoms with van der Waals surface area (Å²) in [5.74, 6) is -0.229. The molecule has 2 aliphatic heterocycles. The molecule has 4 rings (SSSR count). The molecule has 2 aromatic carbocycles. The van der Waals surface area contributed by atoms with Crippen molar-refractivity contribution in [2.45, 2.75) is 38.3 Å². The molecular weight excluding hydrogens is 486 g/mol. The second-order valence-corrected chi connectivity index (χ2v) is 9.93. The Balaban J connectivity index is 1.42. The van der Waals surface area contributed by atoms with E-state index >= 15 is 0 Å². The number of urea groups is 1. The number of Topliss-reactive ketones (excluding diaryl/α,β-unsaturated/α-hetero) is 1. The van der Waals surface area contributed by atoms with Gasteiger partial charge in [0.1, 0.15) is 5.75 Å². The molecule has 38 heavy (non-hydrogen) atoms. The predicted octanol–water partition coefficient (Wildman–Crippen LogP) is 2.58. The predicted molar refractivity (Wildman–Crippen MR) is 146 cm³/mol. The molecule has 204 valence electrons. The fraction of sp³-hybridized carbons (Fsp3) is 0.464. The Morgan fingerprint density at radius 1 is 1.08 bits per heavy atom. The molecule has 10 nitrogen and oxygen atoms in total. The SMILES string of the molecule is COc1cc(CC(=O)C(C2CCCN2)N2CCN(CC(=O)O)CC2)ccc1NC(=O)Nc1ccccc1C. The Morgan fingerprint density at radius 3 is 2.47 bits per heavy atom. The van der Waals surface area contributed by atoms with Crippen LogP contribution in [0.15, 0.2) is 42.5 Å². The molecule has 4 N–H and O–H groups in total. The summed E-state index contributed by atoms with van der Waals surface area (Å²) >= 11 is 0. The number of aliphatic carboxylic acids is 1. The van der Waals surface area contributed by atoms with E-state index in [1.54, 1.807) is 12.1 Å². The lowest BCUT2D eigenvalue weighted by molar-refractivity contribution is -0.139. The van der Waals surface area contributed by atoms with E-state index in [0.717, 1.165) is 36.2 Å². The van der Waals surface area contributed by atoms with Crippen molar-refractivity contribution in [3.63, 3.8) is 0 Å². The fourth-order valence-electron chi connectivity index (χ4n) is 5.30. The number of amides is 2. The molecule has 0 spiro atoms. The molecule has 0 radical (unpaired) electrons. The van der Waals surface area contributed by atoms with Crippen molar-refractivity contribution < 1.29 is 24.2 Å². The highest BCUT2D eigenvalue weighted by molar-refractivity contribution is 6.01. The number of ether oxygens (including phenoxy) is 1. The Labute approximate surface area is 223 Å². The van der Waals surface area contributed by atoms with E-state index in [9.17, 15) is 14.4 Å². The Kier molecular flexibility index (Phi) is 9.33. The third-order valence-corrected chi connectivity index (χ3v) is 7.25. The van der Waals surface area contributed by atoms with Gasteiger partial charge in [-0.25, -0.2) is 4.79 Å². The third-order valence-electron chi connectivity index (χ3n) is 7.25. The van der Waals surface area contributed by atoms with Crippen LogP contribution in [0, 0.1) is 6.92 Å². The normalized spacial score (nSPS) is 19.1. The molecule has 2 atom stereocenters. The van der Waals surface area contributed by atoms with E-state index in [0.29, 0.717) is 37.6 Å². The zero-order valence-electron chi connectivity index (χ0n) is 22.0. The van der Waals surface area contributed by atoms with Crippen molar-refractivity contribution in [1.29, 1.82) is 0 Å². The first-order valence-corrected chi connectivity index (χ1v) is 13.1. The highest BCUT2D eigenvalue weighted by Gasteiger charge is 2.36. The average molecular weight is 524 g/mol. The third kappa shape index (κ3) is 7.09. The molecule has 0 aromatic heterocycles. The van der Waals surface area contributed by atoms with Gasteiger partial charge in [0.25, 0.3) is 0 Å². The molecule has 0 aliphatic carbocycles. The number of carboxylic acids is 1.